The first-order valence-corrected chi connectivity index (χ1v) is 7.96. The molecule has 1 amide bonds. The molecule has 1 aliphatic carbocycles. The molecule has 1 aromatic heterocycles. The summed E-state index contributed by atoms with van der Waals surface area (Å²) in [5.41, 5.74) is 14.2. The molecular formula is C15H16ClN3OS. The molecule has 0 aliphatic heterocycles. The number of anilines is 2. The lowest BCUT2D eigenvalue weighted by Gasteiger charge is -2.07. The monoisotopic (exact) mass is 321 g/mol. The van der Waals surface area contributed by atoms with Gasteiger partial charge >= 0.3 is 0 Å². The minimum absolute atomic E-state index is 0.454. The zero-order chi connectivity index (χ0) is 15.0. The molecule has 4 nitrogen and oxygen atoms in total. The van der Waals surface area contributed by atoms with E-state index in [4.69, 9.17) is 23.1 Å². The van der Waals surface area contributed by atoms with Crippen LogP contribution in [-0.2, 0) is 6.54 Å². The van der Waals surface area contributed by atoms with Crippen LogP contribution in [0.5, 0.6) is 0 Å². The SMILES string of the molecule is NC(=O)c1sc(NCc2ccc(Cl)cc2)c(C2CC2)c1N. The molecule has 1 heterocycles. The van der Waals surface area contributed by atoms with Crippen LogP contribution in [-0.4, -0.2) is 5.91 Å². The van der Waals surface area contributed by atoms with Crippen molar-refractivity contribution in [3.8, 4) is 0 Å². The summed E-state index contributed by atoms with van der Waals surface area (Å²) >= 11 is 7.22. The van der Waals surface area contributed by atoms with Gasteiger partial charge in [-0.05, 0) is 36.5 Å². The fraction of sp³-hybridized carbons (Fsp3) is 0.267. The number of nitrogen functional groups attached to an aromatic ring is 1. The van der Waals surface area contributed by atoms with Gasteiger partial charge in [0.25, 0.3) is 5.91 Å². The number of hydrogen-bond acceptors (Lipinski definition) is 4. The Balaban J connectivity index is 1.82. The second-order valence-corrected chi connectivity index (χ2v) is 6.66. The highest BCUT2D eigenvalue weighted by Gasteiger charge is 2.32. The van der Waals surface area contributed by atoms with Crippen molar-refractivity contribution in [1.82, 2.24) is 0 Å². The minimum Gasteiger partial charge on any atom is -0.397 e. The number of thiophene rings is 1. The number of carbonyl (C=O) groups is 1. The number of nitrogens with two attached hydrogens (primary N) is 2. The van der Waals surface area contributed by atoms with E-state index in [1.54, 1.807) is 0 Å². The third kappa shape index (κ3) is 2.99. The van der Waals surface area contributed by atoms with Crippen molar-refractivity contribution >= 4 is 39.5 Å². The summed E-state index contributed by atoms with van der Waals surface area (Å²) in [6.45, 7) is 0.662. The molecule has 6 heteroatoms. The highest BCUT2D eigenvalue weighted by molar-refractivity contribution is 7.18. The average Bonchev–Trinajstić information content (AvgIpc) is 3.22. The van der Waals surface area contributed by atoms with E-state index in [2.05, 4.69) is 5.32 Å². The summed E-state index contributed by atoms with van der Waals surface area (Å²) in [7, 11) is 0. The first kappa shape index (κ1) is 14.2. The van der Waals surface area contributed by atoms with Gasteiger partial charge in [-0.3, -0.25) is 4.79 Å². The molecule has 0 radical (unpaired) electrons. The molecule has 21 heavy (non-hydrogen) atoms. The molecule has 0 saturated heterocycles. The molecule has 0 spiro atoms. The molecular weight excluding hydrogens is 306 g/mol. The Hall–Kier alpha value is -1.72. The molecule has 2 aromatic rings. The van der Waals surface area contributed by atoms with Crippen LogP contribution in [0.3, 0.4) is 0 Å². The van der Waals surface area contributed by atoms with Gasteiger partial charge in [0.2, 0.25) is 0 Å². The number of amides is 1. The maximum absolute atomic E-state index is 11.5. The topological polar surface area (TPSA) is 81.1 Å². The molecule has 1 fully saturated rings. The van der Waals surface area contributed by atoms with E-state index in [1.165, 1.54) is 11.3 Å². The predicted molar refractivity (Wildman–Crippen MR) is 88.0 cm³/mol. The highest BCUT2D eigenvalue weighted by atomic mass is 35.5. The van der Waals surface area contributed by atoms with Crippen LogP contribution in [0, 0.1) is 0 Å². The van der Waals surface area contributed by atoms with Crippen LogP contribution in [0.25, 0.3) is 0 Å². The van der Waals surface area contributed by atoms with Crippen molar-refractivity contribution in [3.05, 3.63) is 45.3 Å². The maximum atomic E-state index is 11.5. The summed E-state index contributed by atoms with van der Waals surface area (Å²) < 4.78 is 0. The lowest BCUT2D eigenvalue weighted by atomic mass is 10.1. The van der Waals surface area contributed by atoms with Gasteiger partial charge in [-0.1, -0.05) is 23.7 Å². The van der Waals surface area contributed by atoms with Crippen molar-refractivity contribution in [3.63, 3.8) is 0 Å². The Bertz CT molecular complexity index is 677. The summed E-state index contributed by atoms with van der Waals surface area (Å²) in [6.07, 6.45) is 2.24. The van der Waals surface area contributed by atoms with Crippen LogP contribution in [0.1, 0.15) is 39.6 Å². The summed E-state index contributed by atoms with van der Waals surface area (Å²) in [4.78, 5) is 11.9. The third-order valence-corrected chi connectivity index (χ3v) is 5.00. The third-order valence-electron chi connectivity index (χ3n) is 3.56. The van der Waals surface area contributed by atoms with Crippen molar-refractivity contribution in [2.45, 2.75) is 25.3 Å². The Labute approximate surface area is 132 Å². The zero-order valence-corrected chi connectivity index (χ0v) is 12.9. The van der Waals surface area contributed by atoms with E-state index >= 15 is 0 Å². The van der Waals surface area contributed by atoms with Gasteiger partial charge in [0.1, 0.15) is 4.88 Å². The number of hydrogen-bond donors (Lipinski definition) is 3. The molecule has 1 saturated carbocycles. The number of nitrogens with one attached hydrogen (secondary N) is 1. The van der Waals surface area contributed by atoms with Gasteiger partial charge in [0.15, 0.2) is 0 Å². The van der Waals surface area contributed by atoms with E-state index in [-0.39, 0.29) is 0 Å². The fourth-order valence-electron chi connectivity index (χ4n) is 2.33. The number of rotatable bonds is 5. The van der Waals surface area contributed by atoms with E-state index in [1.807, 2.05) is 24.3 Å². The molecule has 1 aliphatic rings. The van der Waals surface area contributed by atoms with E-state index < -0.39 is 5.91 Å². The molecule has 3 rings (SSSR count). The summed E-state index contributed by atoms with van der Waals surface area (Å²) in [5.74, 6) is 0.000936. The van der Waals surface area contributed by atoms with E-state index in [9.17, 15) is 4.79 Å². The van der Waals surface area contributed by atoms with Crippen LogP contribution in [0.4, 0.5) is 10.7 Å². The van der Waals surface area contributed by atoms with Crippen molar-refractivity contribution in [2.24, 2.45) is 5.73 Å². The van der Waals surface area contributed by atoms with Crippen LogP contribution in [0.15, 0.2) is 24.3 Å². The Morgan fingerprint density at radius 3 is 2.57 bits per heavy atom. The van der Waals surface area contributed by atoms with Gasteiger partial charge in [0.05, 0.1) is 10.7 Å². The standard InChI is InChI=1S/C15H16ClN3OS/c16-10-5-1-8(2-6-10)7-19-15-11(9-3-4-9)12(17)13(21-15)14(18)20/h1-2,5-6,9,19H,3-4,7,17H2,(H2,18,20). The van der Waals surface area contributed by atoms with E-state index in [0.717, 1.165) is 29.0 Å². The Morgan fingerprint density at radius 2 is 2.00 bits per heavy atom. The van der Waals surface area contributed by atoms with E-state index in [0.29, 0.717) is 28.0 Å². The lowest BCUT2D eigenvalue weighted by Crippen LogP contribution is -2.11. The molecule has 0 bridgehead atoms. The Morgan fingerprint density at radius 1 is 1.33 bits per heavy atom. The predicted octanol–water partition coefficient (Wildman–Crippen LogP) is 3.57. The minimum atomic E-state index is -0.459. The smallest absolute Gasteiger partial charge is 0.260 e. The number of benzene rings is 1. The van der Waals surface area contributed by atoms with Gasteiger partial charge in [0, 0.05) is 17.1 Å². The first-order valence-electron chi connectivity index (χ1n) is 6.76. The molecule has 0 unspecified atom stereocenters. The number of carbonyl (C=O) groups excluding carboxylic acids is 1. The van der Waals surface area contributed by atoms with Gasteiger partial charge in [-0.25, -0.2) is 0 Å². The first-order chi connectivity index (χ1) is 10.1. The van der Waals surface area contributed by atoms with Gasteiger partial charge < -0.3 is 16.8 Å². The molecule has 110 valence electrons. The molecule has 5 N–H and O–H groups in total. The van der Waals surface area contributed by atoms with Crippen molar-refractivity contribution in [1.29, 1.82) is 0 Å². The number of halogens is 1. The largest absolute Gasteiger partial charge is 0.397 e. The summed E-state index contributed by atoms with van der Waals surface area (Å²) in [5, 5.41) is 5.05. The van der Waals surface area contributed by atoms with Crippen LogP contribution in [0.2, 0.25) is 5.02 Å². The Kier molecular flexibility index (Phi) is 3.78. The second-order valence-electron chi connectivity index (χ2n) is 5.21. The fourth-order valence-corrected chi connectivity index (χ4v) is 3.51. The van der Waals surface area contributed by atoms with Crippen LogP contribution >= 0.6 is 22.9 Å². The molecule has 0 atom stereocenters. The normalized spacial score (nSPS) is 14.1. The number of primary amides is 1. The summed E-state index contributed by atoms with van der Waals surface area (Å²) in [6, 6.07) is 7.66. The van der Waals surface area contributed by atoms with Crippen molar-refractivity contribution < 1.29 is 4.79 Å². The quantitative estimate of drug-likeness (QED) is 0.787. The lowest BCUT2D eigenvalue weighted by molar-refractivity contribution is 0.100. The van der Waals surface area contributed by atoms with Gasteiger partial charge in [-0.15, -0.1) is 11.3 Å². The van der Waals surface area contributed by atoms with Crippen molar-refractivity contribution in [2.75, 3.05) is 11.1 Å². The maximum Gasteiger partial charge on any atom is 0.260 e. The highest BCUT2D eigenvalue weighted by Crippen LogP contribution is 2.50. The average molecular weight is 322 g/mol. The molecule has 1 aromatic carbocycles. The van der Waals surface area contributed by atoms with Gasteiger partial charge in [-0.2, -0.15) is 0 Å². The second kappa shape index (κ2) is 5.58. The zero-order valence-electron chi connectivity index (χ0n) is 11.4. The van der Waals surface area contributed by atoms with Crippen LogP contribution < -0.4 is 16.8 Å².